The Morgan fingerprint density at radius 3 is 2.15 bits per heavy atom. The fourth-order valence-electron chi connectivity index (χ4n) is 4.05. The fraction of sp³-hybridized carbons (Fsp3) is 0.571. The van der Waals surface area contributed by atoms with Crippen LogP contribution in [-0.4, -0.2) is 59.7 Å². The number of nitrogens with zero attached hydrogens (tertiary/aromatic N) is 2. The van der Waals surface area contributed by atoms with Crippen LogP contribution < -0.4 is 5.32 Å². The third-order valence-electron chi connectivity index (χ3n) is 5.71. The second-order valence-electron chi connectivity index (χ2n) is 7.55. The molecule has 0 radical (unpaired) electrons. The van der Waals surface area contributed by atoms with Crippen LogP contribution in [0.2, 0.25) is 0 Å². The Morgan fingerprint density at radius 2 is 1.56 bits per heavy atom. The number of carbonyl (C=O) groups excluding carboxylic acids is 3. The number of nitrogens with one attached hydrogen (secondary N) is 1. The molecule has 0 aromatic heterocycles. The number of rotatable bonds is 4. The quantitative estimate of drug-likeness (QED) is 0.881. The molecule has 1 atom stereocenters. The molecule has 0 saturated carbocycles. The zero-order chi connectivity index (χ0) is 19.2. The first-order valence-electron chi connectivity index (χ1n) is 9.96. The van der Waals surface area contributed by atoms with E-state index in [2.05, 4.69) is 5.32 Å². The first kappa shape index (κ1) is 19.4. The summed E-state index contributed by atoms with van der Waals surface area (Å²) in [4.78, 5) is 41.2. The molecule has 2 fully saturated rings. The Balaban J connectivity index is 1.73. The molecule has 2 aliphatic heterocycles. The van der Waals surface area contributed by atoms with E-state index < -0.39 is 6.04 Å². The highest BCUT2D eigenvalue weighted by Gasteiger charge is 2.36. The Kier molecular flexibility index (Phi) is 6.48. The minimum Gasteiger partial charge on any atom is -0.343 e. The first-order chi connectivity index (χ1) is 13.1. The predicted octanol–water partition coefficient (Wildman–Crippen LogP) is 2.06. The lowest BCUT2D eigenvalue weighted by Crippen LogP contribution is -2.55. The molecule has 1 aromatic rings. The molecule has 1 unspecified atom stereocenters. The van der Waals surface area contributed by atoms with E-state index >= 15 is 0 Å². The van der Waals surface area contributed by atoms with Crippen LogP contribution in [0.25, 0.3) is 0 Å². The molecule has 3 rings (SSSR count). The number of benzene rings is 1. The number of likely N-dealkylation sites (tertiary alicyclic amines) is 2. The van der Waals surface area contributed by atoms with Crippen molar-refractivity contribution in [1.29, 1.82) is 0 Å². The molecule has 3 amide bonds. The van der Waals surface area contributed by atoms with Gasteiger partial charge in [-0.15, -0.1) is 0 Å². The highest BCUT2D eigenvalue weighted by molar-refractivity contribution is 5.97. The average Bonchev–Trinajstić information content (AvgIpc) is 2.72. The summed E-state index contributed by atoms with van der Waals surface area (Å²) in [6.45, 7) is 4.40. The minimum atomic E-state index is -0.523. The van der Waals surface area contributed by atoms with Gasteiger partial charge in [0.15, 0.2) is 0 Å². The standard InChI is InChI=1S/C21H29N3O3/c1-16(25)23-14-10-17(11-15-23)19(21(27)24-12-6-3-7-13-24)22-20(26)18-8-4-2-5-9-18/h2,4-5,8-9,17,19H,3,6-7,10-15H2,1H3,(H,22,26). The smallest absolute Gasteiger partial charge is 0.251 e. The van der Waals surface area contributed by atoms with Crippen LogP contribution in [0.5, 0.6) is 0 Å². The maximum absolute atomic E-state index is 13.2. The molecule has 6 nitrogen and oxygen atoms in total. The molecule has 1 aromatic carbocycles. The summed E-state index contributed by atoms with van der Waals surface area (Å²) in [7, 11) is 0. The van der Waals surface area contributed by atoms with Gasteiger partial charge in [-0.2, -0.15) is 0 Å². The van der Waals surface area contributed by atoms with Gasteiger partial charge in [-0.3, -0.25) is 14.4 Å². The molecule has 6 heteroatoms. The van der Waals surface area contributed by atoms with E-state index in [9.17, 15) is 14.4 Å². The van der Waals surface area contributed by atoms with Gasteiger partial charge in [0.1, 0.15) is 6.04 Å². The van der Waals surface area contributed by atoms with E-state index in [1.165, 1.54) is 0 Å². The second-order valence-corrected chi connectivity index (χ2v) is 7.55. The molecule has 146 valence electrons. The average molecular weight is 371 g/mol. The van der Waals surface area contributed by atoms with Crippen LogP contribution in [-0.2, 0) is 9.59 Å². The predicted molar refractivity (Wildman–Crippen MR) is 103 cm³/mol. The van der Waals surface area contributed by atoms with Crippen molar-refractivity contribution in [3.63, 3.8) is 0 Å². The molecule has 2 saturated heterocycles. The molecular formula is C21H29N3O3. The van der Waals surface area contributed by atoms with Crippen molar-refractivity contribution in [2.45, 2.75) is 45.1 Å². The highest BCUT2D eigenvalue weighted by Crippen LogP contribution is 2.24. The molecule has 0 bridgehead atoms. The fourth-order valence-corrected chi connectivity index (χ4v) is 4.05. The van der Waals surface area contributed by atoms with Gasteiger partial charge in [-0.1, -0.05) is 18.2 Å². The van der Waals surface area contributed by atoms with E-state index in [0.717, 1.165) is 45.2 Å². The molecular weight excluding hydrogens is 342 g/mol. The number of piperidine rings is 2. The molecule has 0 aliphatic carbocycles. The van der Waals surface area contributed by atoms with Crippen molar-refractivity contribution in [2.75, 3.05) is 26.2 Å². The summed E-state index contributed by atoms with van der Waals surface area (Å²) in [5.41, 5.74) is 0.565. The summed E-state index contributed by atoms with van der Waals surface area (Å²) >= 11 is 0. The third-order valence-corrected chi connectivity index (χ3v) is 5.71. The maximum atomic E-state index is 13.2. The molecule has 2 heterocycles. The van der Waals surface area contributed by atoms with Crippen molar-refractivity contribution in [2.24, 2.45) is 5.92 Å². The van der Waals surface area contributed by atoms with Crippen molar-refractivity contribution in [3.8, 4) is 0 Å². The van der Waals surface area contributed by atoms with E-state index in [-0.39, 0.29) is 23.6 Å². The van der Waals surface area contributed by atoms with Crippen LogP contribution in [0.3, 0.4) is 0 Å². The van der Waals surface area contributed by atoms with Gasteiger partial charge in [-0.25, -0.2) is 0 Å². The van der Waals surface area contributed by atoms with Crippen molar-refractivity contribution in [1.82, 2.24) is 15.1 Å². The monoisotopic (exact) mass is 371 g/mol. The van der Waals surface area contributed by atoms with Gasteiger partial charge in [0.25, 0.3) is 5.91 Å². The van der Waals surface area contributed by atoms with E-state index in [4.69, 9.17) is 0 Å². The largest absolute Gasteiger partial charge is 0.343 e. The van der Waals surface area contributed by atoms with Crippen LogP contribution in [0, 0.1) is 5.92 Å². The molecule has 1 N–H and O–H groups in total. The van der Waals surface area contributed by atoms with Crippen LogP contribution >= 0.6 is 0 Å². The third kappa shape index (κ3) is 4.87. The second kappa shape index (κ2) is 9.02. The Hall–Kier alpha value is -2.37. The van der Waals surface area contributed by atoms with E-state index in [1.54, 1.807) is 19.1 Å². The van der Waals surface area contributed by atoms with E-state index in [1.807, 2.05) is 28.0 Å². The van der Waals surface area contributed by atoms with Crippen LogP contribution in [0.4, 0.5) is 0 Å². The minimum absolute atomic E-state index is 0.0280. The zero-order valence-corrected chi connectivity index (χ0v) is 16.0. The number of amides is 3. The Morgan fingerprint density at radius 1 is 0.926 bits per heavy atom. The molecule has 27 heavy (non-hydrogen) atoms. The topological polar surface area (TPSA) is 69.7 Å². The maximum Gasteiger partial charge on any atom is 0.251 e. The summed E-state index contributed by atoms with van der Waals surface area (Å²) in [5, 5.41) is 3.01. The summed E-state index contributed by atoms with van der Waals surface area (Å²) in [6, 6.07) is 8.50. The lowest BCUT2D eigenvalue weighted by atomic mass is 9.87. The van der Waals surface area contributed by atoms with Gasteiger partial charge in [0.2, 0.25) is 11.8 Å². The van der Waals surface area contributed by atoms with Crippen molar-refractivity contribution >= 4 is 17.7 Å². The number of carbonyl (C=O) groups is 3. The number of hydrogen-bond acceptors (Lipinski definition) is 3. The summed E-state index contributed by atoms with van der Waals surface area (Å²) < 4.78 is 0. The lowest BCUT2D eigenvalue weighted by Gasteiger charge is -2.38. The normalized spacial score (nSPS) is 19.4. The van der Waals surface area contributed by atoms with E-state index in [0.29, 0.717) is 18.7 Å². The summed E-state index contributed by atoms with van der Waals surface area (Å²) in [6.07, 6.45) is 4.67. The van der Waals surface area contributed by atoms with Crippen molar-refractivity contribution < 1.29 is 14.4 Å². The first-order valence-corrected chi connectivity index (χ1v) is 9.96. The van der Waals surface area contributed by atoms with Crippen LogP contribution in [0.15, 0.2) is 30.3 Å². The van der Waals surface area contributed by atoms with Gasteiger partial charge in [0, 0.05) is 38.7 Å². The van der Waals surface area contributed by atoms with Gasteiger partial charge in [0.05, 0.1) is 0 Å². The Labute approximate surface area is 160 Å². The van der Waals surface area contributed by atoms with Gasteiger partial charge < -0.3 is 15.1 Å². The lowest BCUT2D eigenvalue weighted by molar-refractivity contribution is -0.136. The molecule has 2 aliphatic rings. The zero-order valence-electron chi connectivity index (χ0n) is 16.0. The van der Waals surface area contributed by atoms with Gasteiger partial charge in [-0.05, 0) is 50.2 Å². The molecule has 0 spiro atoms. The Bertz CT molecular complexity index is 663. The summed E-state index contributed by atoms with van der Waals surface area (Å²) in [5.74, 6) is -0.0522. The van der Waals surface area contributed by atoms with Gasteiger partial charge >= 0.3 is 0 Å². The number of hydrogen-bond donors (Lipinski definition) is 1. The van der Waals surface area contributed by atoms with Crippen molar-refractivity contribution in [3.05, 3.63) is 35.9 Å². The highest BCUT2D eigenvalue weighted by atomic mass is 16.2. The SMILES string of the molecule is CC(=O)N1CCC(C(NC(=O)c2ccccc2)C(=O)N2CCCCC2)CC1. The van der Waals surface area contributed by atoms with Crippen LogP contribution in [0.1, 0.15) is 49.4 Å².